The third kappa shape index (κ3) is 5.44. The normalized spacial score (nSPS) is 15.5. The molecule has 5 heteroatoms. The Labute approximate surface area is 164 Å². The Morgan fingerprint density at radius 1 is 1.00 bits per heavy atom. The number of hydrogen-bond acceptors (Lipinski definition) is 3. The predicted octanol–water partition coefficient (Wildman–Crippen LogP) is 4.65. The fourth-order valence-corrected chi connectivity index (χ4v) is 3.30. The van der Waals surface area contributed by atoms with Crippen molar-refractivity contribution in [1.29, 1.82) is 0 Å². The minimum absolute atomic E-state index is 0.162. The molecule has 0 radical (unpaired) electrons. The molecule has 2 aromatic carbocycles. The molecule has 1 aliphatic heterocycles. The highest BCUT2D eigenvalue weighted by molar-refractivity contribution is 6.30. The van der Waals surface area contributed by atoms with E-state index in [-0.39, 0.29) is 5.91 Å². The van der Waals surface area contributed by atoms with Gasteiger partial charge in [0.05, 0.1) is 0 Å². The lowest BCUT2D eigenvalue weighted by atomic mass is 10.1. The van der Waals surface area contributed by atoms with Crippen LogP contribution in [-0.4, -0.2) is 29.9 Å². The van der Waals surface area contributed by atoms with Crippen molar-refractivity contribution in [1.82, 2.24) is 4.90 Å². The van der Waals surface area contributed by atoms with Gasteiger partial charge in [-0.25, -0.2) is 4.79 Å². The van der Waals surface area contributed by atoms with Crippen LogP contribution in [0.1, 0.15) is 36.5 Å². The van der Waals surface area contributed by atoms with Crippen molar-refractivity contribution < 1.29 is 14.3 Å². The van der Waals surface area contributed by atoms with Crippen molar-refractivity contribution in [3.63, 3.8) is 0 Å². The number of esters is 1. The molecule has 1 atom stereocenters. The number of carbonyl (C=O) groups is 2. The van der Waals surface area contributed by atoms with E-state index in [1.54, 1.807) is 41.3 Å². The van der Waals surface area contributed by atoms with Crippen LogP contribution in [0.4, 0.5) is 0 Å². The molecular weight excluding hydrogens is 362 g/mol. The van der Waals surface area contributed by atoms with Crippen molar-refractivity contribution >= 4 is 29.6 Å². The molecule has 0 unspecified atom stereocenters. The van der Waals surface area contributed by atoms with Crippen molar-refractivity contribution in [2.24, 2.45) is 0 Å². The van der Waals surface area contributed by atoms with Crippen LogP contribution >= 0.6 is 11.6 Å². The molecular formula is C22H22ClNO3. The van der Waals surface area contributed by atoms with Crippen LogP contribution in [0.25, 0.3) is 6.08 Å². The zero-order valence-electron chi connectivity index (χ0n) is 15.0. The molecule has 1 heterocycles. The van der Waals surface area contributed by atoms with E-state index < -0.39 is 12.1 Å². The molecule has 140 valence electrons. The number of hydrogen-bond donors (Lipinski definition) is 0. The lowest BCUT2D eigenvalue weighted by Gasteiger charge is -2.30. The Morgan fingerprint density at radius 3 is 2.44 bits per heavy atom. The zero-order chi connectivity index (χ0) is 19.1. The fraction of sp³-hybridized carbons (Fsp3) is 0.273. The first-order chi connectivity index (χ1) is 13.1. The van der Waals surface area contributed by atoms with Gasteiger partial charge in [0.2, 0.25) is 6.10 Å². The number of likely N-dealkylation sites (tertiary alicyclic amines) is 1. The predicted molar refractivity (Wildman–Crippen MR) is 106 cm³/mol. The van der Waals surface area contributed by atoms with E-state index in [4.69, 9.17) is 16.3 Å². The Morgan fingerprint density at radius 2 is 1.74 bits per heavy atom. The molecule has 0 spiro atoms. The zero-order valence-corrected chi connectivity index (χ0v) is 15.8. The molecule has 0 aromatic heterocycles. The highest BCUT2D eigenvalue weighted by Crippen LogP contribution is 2.23. The maximum atomic E-state index is 13.0. The molecule has 4 nitrogen and oxygen atoms in total. The van der Waals surface area contributed by atoms with Gasteiger partial charge in [-0.15, -0.1) is 0 Å². The van der Waals surface area contributed by atoms with E-state index in [1.165, 1.54) is 6.08 Å². The van der Waals surface area contributed by atoms with E-state index in [0.717, 1.165) is 24.8 Å². The van der Waals surface area contributed by atoms with Crippen molar-refractivity contribution in [2.75, 3.05) is 13.1 Å². The molecule has 2 aromatic rings. The van der Waals surface area contributed by atoms with Crippen molar-refractivity contribution in [3.8, 4) is 0 Å². The second kappa shape index (κ2) is 9.38. The molecule has 1 saturated heterocycles. The quantitative estimate of drug-likeness (QED) is 0.557. The van der Waals surface area contributed by atoms with Gasteiger partial charge in [-0.05, 0) is 43.0 Å². The van der Waals surface area contributed by atoms with E-state index in [9.17, 15) is 9.59 Å². The minimum Gasteiger partial charge on any atom is -0.444 e. The maximum absolute atomic E-state index is 13.0. The summed E-state index contributed by atoms with van der Waals surface area (Å²) in [6.07, 6.45) is 5.11. The van der Waals surface area contributed by atoms with Crippen LogP contribution < -0.4 is 0 Å². The standard InChI is InChI=1S/C22H22ClNO3/c23-19-11-7-8-17(16-19)12-13-20(25)27-21(18-9-3-1-4-10-18)22(26)24-14-5-2-6-15-24/h1,3-4,7-13,16,21H,2,5-6,14-15H2/b13-12+/t21-/m1/s1. The number of nitrogens with zero attached hydrogens (tertiary/aromatic N) is 1. The Hall–Kier alpha value is -2.59. The van der Waals surface area contributed by atoms with Crippen LogP contribution in [0.5, 0.6) is 0 Å². The van der Waals surface area contributed by atoms with Gasteiger partial charge in [0.25, 0.3) is 5.91 Å². The average Bonchev–Trinajstić information content (AvgIpc) is 2.71. The first-order valence-corrected chi connectivity index (χ1v) is 9.49. The molecule has 1 fully saturated rings. The number of piperidine rings is 1. The third-order valence-corrected chi connectivity index (χ3v) is 4.72. The van der Waals surface area contributed by atoms with Crippen LogP contribution in [-0.2, 0) is 14.3 Å². The topological polar surface area (TPSA) is 46.6 Å². The summed E-state index contributed by atoms with van der Waals surface area (Å²) in [5, 5.41) is 0.591. The summed E-state index contributed by atoms with van der Waals surface area (Å²) in [7, 11) is 0. The molecule has 0 aliphatic carbocycles. The number of rotatable bonds is 5. The van der Waals surface area contributed by atoms with Gasteiger partial charge in [0, 0.05) is 29.8 Å². The fourth-order valence-electron chi connectivity index (χ4n) is 3.10. The summed E-state index contributed by atoms with van der Waals surface area (Å²) < 4.78 is 5.55. The second-order valence-corrected chi connectivity index (χ2v) is 6.94. The van der Waals surface area contributed by atoms with E-state index >= 15 is 0 Å². The van der Waals surface area contributed by atoms with E-state index in [1.807, 2.05) is 24.3 Å². The SMILES string of the molecule is O=C(/C=C/c1cccc(Cl)c1)O[C@@H](C(=O)N1CCCCC1)c1ccccc1. The summed E-state index contributed by atoms with van der Waals surface area (Å²) in [5.41, 5.74) is 1.47. The highest BCUT2D eigenvalue weighted by Gasteiger charge is 2.29. The third-order valence-electron chi connectivity index (χ3n) is 4.49. The second-order valence-electron chi connectivity index (χ2n) is 6.50. The summed E-state index contributed by atoms with van der Waals surface area (Å²) in [5.74, 6) is -0.723. The van der Waals surface area contributed by atoms with E-state index in [0.29, 0.717) is 23.7 Å². The number of benzene rings is 2. The van der Waals surface area contributed by atoms with Gasteiger partial charge in [0.1, 0.15) is 0 Å². The summed E-state index contributed by atoms with van der Waals surface area (Å²) >= 11 is 5.95. The van der Waals surface area contributed by atoms with Gasteiger partial charge in [-0.2, -0.15) is 0 Å². The first kappa shape index (κ1) is 19.2. The van der Waals surface area contributed by atoms with Gasteiger partial charge in [-0.1, -0.05) is 54.1 Å². The molecule has 1 amide bonds. The lowest BCUT2D eigenvalue weighted by molar-refractivity contribution is -0.157. The minimum atomic E-state index is -0.930. The molecule has 1 aliphatic rings. The lowest BCUT2D eigenvalue weighted by Crippen LogP contribution is -2.40. The van der Waals surface area contributed by atoms with Gasteiger partial charge >= 0.3 is 5.97 Å². The largest absolute Gasteiger partial charge is 0.444 e. The van der Waals surface area contributed by atoms with Crippen LogP contribution in [0, 0.1) is 0 Å². The number of halogens is 1. The van der Waals surface area contributed by atoms with Crippen molar-refractivity contribution in [2.45, 2.75) is 25.4 Å². The molecule has 27 heavy (non-hydrogen) atoms. The van der Waals surface area contributed by atoms with Crippen LogP contribution in [0.15, 0.2) is 60.7 Å². The monoisotopic (exact) mass is 383 g/mol. The Kier molecular flexibility index (Phi) is 6.66. The number of carbonyl (C=O) groups excluding carboxylic acids is 2. The van der Waals surface area contributed by atoms with Gasteiger partial charge in [0.15, 0.2) is 0 Å². The van der Waals surface area contributed by atoms with Gasteiger partial charge in [-0.3, -0.25) is 4.79 Å². The molecule has 3 rings (SSSR count). The maximum Gasteiger partial charge on any atom is 0.331 e. The summed E-state index contributed by atoms with van der Waals surface area (Å²) in [6, 6.07) is 16.3. The van der Waals surface area contributed by atoms with Gasteiger partial charge < -0.3 is 9.64 Å². The molecule has 0 N–H and O–H groups in total. The summed E-state index contributed by atoms with van der Waals surface area (Å²) in [6.45, 7) is 1.41. The number of ether oxygens (including phenoxy) is 1. The van der Waals surface area contributed by atoms with Crippen LogP contribution in [0.2, 0.25) is 5.02 Å². The molecule has 0 saturated carbocycles. The average molecular weight is 384 g/mol. The van der Waals surface area contributed by atoms with Crippen LogP contribution in [0.3, 0.4) is 0 Å². The molecule has 0 bridgehead atoms. The highest BCUT2D eigenvalue weighted by atomic mass is 35.5. The Balaban J connectivity index is 1.74. The van der Waals surface area contributed by atoms with E-state index in [2.05, 4.69) is 0 Å². The Bertz CT molecular complexity index is 813. The van der Waals surface area contributed by atoms with Crippen molar-refractivity contribution in [3.05, 3.63) is 76.8 Å². The summed E-state index contributed by atoms with van der Waals surface area (Å²) in [4.78, 5) is 27.1. The first-order valence-electron chi connectivity index (χ1n) is 9.11. The number of amides is 1. The smallest absolute Gasteiger partial charge is 0.331 e.